The first kappa shape index (κ1) is 18.2. The van der Waals surface area contributed by atoms with Crippen LogP contribution in [-0.4, -0.2) is 73.7 Å². The number of alkyl halides is 3. The standard InChI is InChI=1S/C13H25F3N4O/c1-12(18-2,11(17)21)4-3-5-19-6-8-20(9-7-19)10-13(14,15)16/h18H,3-10H2,1-2H3,(H2,17,21). The summed E-state index contributed by atoms with van der Waals surface area (Å²) in [5.74, 6) is -0.389. The number of hydrogen-bond donors (Lipinski definition) is 2. The topological polar surface area (TPSA) is 61.6 Å². The largest absolute Gasteiger partial charge is 0.401 e. The Labute approximate surface area is 123 Å². The van der Waals surface area contributed by atoms with Crippen molar-refractivity contribution in [3.63, 3.8) is 0 Å². The maximum absolute atomic E-state index is 12.3. The number of nitrogens with zero attached hydrogens (tertiary/aromatic N) is 2. The summed E-state index contributed by atoms with van der Waals surface area (Å²) in [7, 11) is 1.70. The number of rotatable bonds is 7. The fourth-order valence-corrected chi connectivity index (χ4v) is 2.45. The molecule has 0 aromatic heterocycles. The van der Waals surface area contributed by atoms with Crippen LogP contribution in [0, 0.1) is 0 Å². The highest BCUT2D eigenvalue weighted by Gasteiger charge is 2.32. The molecule has 124 valence electrons. The zero-order valence-electron chi connectivity index (χ0n) is 12.7. The lowest BCUT2D eigenvalue weighted by Gasteiger charge is -2.35. The van der Waals surface area contributed by atoms with Crippen LogP contribution >= 0.6 is 0 Å². The molecule has 1 aliphatic rings. The summed E-state index contributed by atoms with van der Waals surface area (Å²) in [6.45, 7) is 3.81. The number of amides is 1. The summed E-state index contributed by atoms with van der Waals surface area (Å²) in [4.78, 5) is 14.9. The molecule has 21 heavy (non-hydrogen) atoms. The molecule has 1 aliphatic heterocycles. The van der Waals surface area contributed by atoms with Gasteiger partial charge in [0.1, 0.15) is 0 Å². The van der Waals surface area contributed by atoms with Crippen LogP contribution in [-0.2, 0) is 4.79 Å². The number of primary amides is 1. The van der Waals surface area contributed by atoms with Gasteiger partial charge in [-0.15, -0.1) is 0 Å². The monoisotopic (exact) mass is 310 g/mol. The van der Waals surface area contributed by atoms with Gasteiger partial charge in [-0.05, 0) is 33.4 Å². The first-order valence-corrected chi connectivity index (χ1v) is 7.16. The Morgan fingerprint density at radius 2 is 1.71 bits per heavy atom. The minimum Gasteiger partial charge on any atom is -0.368 e. The van der Waals surface area contributed by atoms with Crippen LogP contribution in [0.2, 0.25) is 0 Å². The van der Waals surface area contributed by atoms with Crippen molar-refractivity contribution in [2.45, 2.75) is 31.5 Å². The lowest BCUT2D eigenvalue weighted by atomic mass is 9.95. The van der Waals surface area contributed by atoms with E-state index in [-0.39, 0.29) is 5.91 Å². The van der Waals surface area contributed by atoms with Crippen molar-refractivity contribution < 1.29 is 18.0 Å². The summed E-state index contributed by atoms with van der Waals surface area (Å²) in [6.07, 6.45) is -2.74. The Bertz CT molecular complexity index is 343. The van der Waals surface area contributed by atoms with Crippen molar-refractivity contribution >= 4 is 5.91 Å². The molecule has 3 N–H and O–H groups in total. The average Bonchev–Trinajstić information content (AvgIpc) is 2.38. The third kappa shape index (κ3) is 6.19. The van der Waals surface area contributed by atoms with Crippen molar-refractivity contribution in [1.82, 2.24) is 15.1 Å². The van der Waals surface area contributed by atoms with E-state index in [1.807, 2.05) is 0 Å². The fraction of sp³-hybridized carbons (Fsp3) is 0.923. The summed E-state index contributed by atoms with van der Waals surface area (Å²) in [6, 6.07) is 0. The fourth-order valence-electron chi connectivity index (χ4n) is 2.45. The highest BCUT2D eigenvalue weighted by atomic mass is 19.4. The van der Waals surface area contributed by atoms with E-state index >= 15 is 0 Å². The molecule has 0 saturated carbocycles. The number of likely N-dealkylation sites (N-methyl/N-ethyl adjacent to an activating group) is 1. The lowest BCUT2D eigenvalue weighted by Crippen LogP contribution is -2.52. The van der Waals surface area contributed by atoms with Gasteiger partial charge in [-0.25, -0.2) is 0 Å². The molecular weight excluding hydrogens is 285 g/mol. The SMILES string of the molecule is CNC(C)(CCCN1CCN(CC(F)(F)F)CC1)C(N)=O. The molecule has 0 spiro atoms. The number of nitrogens with two attached hydrogens (primary N) is 1. The minimum absolute atomic E-state index is 0.389. The zero-order valence-corrected chi connectivity index (χ0v) is 12.7. The molecule has 1 atom stereocenters. The second kappa shape index (κ2) is 7.42. The van der Waals surface area contributed by atoms with Crippen LogP contribution in [0.1, 0.15) is 19.8 Å². The molecular formula is C13H25F3N4O. The van der Waals surface area contributed by atoms with Gasteiger partial charge in [0.25, 0.3) is 0 Å². The van der Waals surface area contributed by atoms with Crippen molar-refractivity contribution in [3.05, 3.63) is 0 Å². The number of piperazine rings is 1. The average molecular weight is 310 g/mol. The summed E-state index contributed by atoms with van der Waals surface area (Å²) >= 11 is 0. The minimum atomic E-state index is -4.13. The van der Waals surface area contributed by atoms with Gasteiger partial charge in [0, 0.05) is 26.2 Å². The molecule has 1 fully saturated rings. The first-order chi connectivity index (χ1) is 9.66. The molecule has 0 aliphatic carbocycles. The molecule has 1 amide bonds. The third-order valence-corrected chi connectivity index (χ3v) is 4.11. The van der Waals surface area contributed by atoms with Crippen LogP contribution in [0.4, 0.5) is 13.2 Å². The summed E-state index contributed by atoms with van der Waals surface area (Å²) < 4.78 is 36.8. The van der Waals surface area contributed by atoms with Crippen LogP contribution in [0.3, 0.4) is 0 Å². The molecule has 0 aromatic carbocycles. The van der Waals surface area contributed by atoms with Gasteiger partial charge in [0.05, 0.1) is 12.1 Å². The van der Waals surface area contributed by atoms with E-state index in [9.17, 15) is 18.0 Å². The van der Waals surface area contributed by atoms with Gasteiger partial charge in [-0.2, -0.15) is 13.2 Å². The number of carbonyl (C=O) groups excluding carboxylic acids is 1. The van der Waals surface area contributed by atoms with Gasteiger partial charge in [0.2, 0.25) is 5.91 Å². The van der Waals surface area contributed by atoms with Crippen molar-refractivity contribution in [2.24, 2.45) is 5.73 Å². The smallest absolute Gasteiger partial charge is 0.368 e. The molecule has 1 saturated heterocycles. The highest BCUT2D eigenvalue weighted by molar-refractivity contribution is 5.84. The number of hydrogen-bond acceptors (Lipinski definition) is 4. The molecule has 1 heterocycles. The molecule has 1 rings (SSSR count). The molecule has 0 radical (unpaired) electrons. The molecule has 8 heteroatoms. The molecule has 1 unspecified atom stereocenters. The Morgan fingerprint density at radius 3 is 2.14 bits per heavy atom. The second-order valence-corrected chi connectivity index (χ2v) is 5.78. The predicted octanol–water partition coefficient (Wildman–Crippen LogP) is 0.410. The zero-order chi connectivity index (χ0) is 16.1. The van der Waals surface area contributed by atoms with E-state index in [1.54, 1.807) is 14.0 Å². The maximum Gasteiger partial charge on any atom is 0.401 e. The summed E-state index contributed by atoms with van der Waals surface area (Å²) in [5, 5.41) is 2.92. The van der Waals surface area contributed by atoms with Gasteiger partial charge in [-0.3, -0.25) is 9.69 Å². The van der Waals surface area contributed by atoms with Crippen molar-refractivity contribution in [3.8, 4) is 0 Å². The van der Waals surface area contributed by atoms with E-state index in [1.165, 1.54) is 4.90 Å². The Kier molecular flexibility index (Phi) is 6.42. The van der Waals surface area contributed by atoms with Crippen LogP contribution in [0.15, 0.2) is 0 Å². The highest BCUT2D eigenvalue weighted by Crippen LogP contribution is 2.18. The van der Waals surface area contributed by atoms with Crippen molar-refractivity contribution in [2.75, 3.05) is 46.3 Å². The molecule has 0 aromatic rings. The third-order valence-electron chi connectivity index (χ3n) is 4.11. The van der Waals surface area contributed by atoms with Gasteiger partial charge >= 0.3 is 6.18 Å². The van der Waals surface area contributed by atoms with Crippen LogP contribution < -0.4 is 11.1 Å². The van der Waals surface area contributed by atoms with Gasteiger partial charge < -0.3 is 16.0 Å². The molecule has 0 bridgehead atoms. The Morgan fingerprint density at radius 1 is 1.19 bits per heavy atom. The van der Waals surface area contributed by atoms with Crippen LogP contribution in [0.25, 0.3) is 0 Å². The first-order valence-electron chi connectivity index (χ1n) is 7.16. The summed E-state index contributed by atoms with van der Waals surface area (Å²) in [5.41, 5.74) is 4.63. The number of halogens is 3. The number of nitrogens with one attached hydrogen (secondary N) is 1. The van der Waals surface area contributed by atoms with E-state index in [4.69, 9.17) is 5.73 Å². The Balaban J connectivity index is 2.26. The quantitative estimate of drug-likeness (QED) is 0.715. The van der Waals surface area contributed by atoms with Gasteiger partial charge in [-0.1, -0.05) is 0 Å². The lowest BCUT2D eigenvalue weighted by molar-refractivity contribution is -0.149. The van der Waals surface area contributed by atoms with E-state index < -0.39 is 18.3 Å². The molecule has 5 nitrogen and oxygen atoms in total. The van der Waals surface area contributed by atoms with E-state index in [2.05, 4.69) is 10.2 Å². The van der Waals surface area contributed by atoms with E-state index in [0.29, 0.717) is 32.6 Å². The number of carbonyl (C=O) groups is 1. The van der Waals surface area contributed by atoms with E-state index in [0.717, 1.165) is 13.0 Å². The second-order valence-electron chi connectivity index (χ2n) is 5.78. The normalized spacial score (nSPS) is 21.2. The predicted molar refractivity (Wildman–Crippen MR) is 74.8 cm³/mol. The maximum atomic E-state index is 12.3. The van der Waals surface area contributed by atoms with Gasteiger partial charge in [0.15, 0.2) is 0 Å². The van der Waals surface area contributed by atoms with Crippen LogP contribution in [0.5, 0.6) is 0 Å². The van der Waals surface area contributed by atoms with Crippen molar-refractivity contribution in [1.29, 1.82) is 0 Å². The Hall–Kier alpha value is -0.860.